The molecule has 1 aliphatic rings. The summed E-state index contributed by atoms with van der Waals surface area (Å²) in [6.45, 7) is 5.06. The van der Waals surface area contributed by atoms with Gasteiger partial charge in [-0.2, -0.15) is 13.2 Å². The minimum atomic E-state index is -4.46. The highest BCUT2D eigenvalue weighted by atomic mass is 19.4. The second kappa shape index (κ2) is 6.40. The molecule has 0 radical (unpaired) electrons. The van der Waals surface area contributed by atoms with E-state index in [9.17, 15) is 22.8 Å². The second-order valence-electron chi connectivity index (χ2n) is 7.27. The summed E-state index contributed by atoms with van der Waals surface area (Å²) < 4.78 is 43.7. The number of halogens is 3. The predicted octanol–water partition coefficient (Wildman–Crippen LogP) is 5.12. The maximum absolute atomic E-state index is 13.0. The highest BCUT2D eigenvalue weighted by Crippen LogP contribution is 2.42. The molecule has 27 heavy (non-hydrogen) atoms. The lowest BCUT2D eigenvalue weighted by atomic mass is 9.92. The first kappa shape index (κ1) is 18.9. The second-order valence-corrected chi connectivity index (χ2v) is 7.27. The van der Waals surface area contributed by atoms with E-state index in [1.54, 1.807) is 45.0 Å². The van der Waals surface area contributed by atoms with Gasteiger partial charge in [-0.05, 0) is 50.1 Å². The maximum atomic E-state index is 13.0. The Morgan fingerprint density at radius 1 is 1.00 bits per heavy atom. The highest BCUT2D eigenvalue weighted by Gasteiger charge is 2.43. The van der Waals surface area contributed by atoms with Crippen molar-refractivity contribution in [3.63, 3.8) is 0 Å². The summed E-state index contributed by atoms with van der Waals surface area (Å²) in [5.41, 5.74) is -0.283. The van der Waals surface area contributed by atoms with Crippen molar-refractivity contribution in [1.29, 1.82) is 0 Å². The Bertz CT molecular complexity index is 883. The van der Waals surface area contributed by atoms with Crippen LogP contribution < -0.4 is 4.90 Å². The van der Waals surface area contributed by atoms with Crippen LogP contribution in [0, 0.1) is 0 Å². The molecule has 0 spiro atoms. The Morgan fingerprint density at radius 2 is 1.59 bits per heavy atom. The average molecular weight is 377 g/mol. The minimum Gasteiger partial charge on any atom is -0.443 e. The molecular weight excluding hydrogens is 359 g/mol. The van der Waals surface area contributed by atoms with Crippen molar-refractivity contribution in [1.82, 2.24) is 0 Å². The first-order chi connectivity index (χ1) is 12.5. The maximum Gasteiger partial charge on any atom is 0.421 e. The monoisotopic (exact) mass is 377 g/mol. The molecule has 0 fully saturated rings. The van der Waals surface area contributed by atoms with E-state index in [1.807, 2.05) is 0 Å². The number of hydrogen-bond acceptors (Lipinski definition) is 3. The third-order valence-electron chi connectivity index (χ3n) is 4.10. The number of rotatable bonds is 1. The van der Waals surface area contributed by atoms with Crippen molar-refractivity contribution in [3.8, 4) is 0 Å². The summed E-state index contributed by atoms with van der Waals surface area (Å²) in [7, 11) is 0. The zero-order valence-electron chi connectivity index (χ0n) is 15.0. The smallest absolute Gasteiger partial charge is 0.421 e. The normalized spacial score (nSPS) is 17.0. The van der Waals surface area contributed by atoms with Crippen molar-refractivity contribution in [2.45, 2.75) is 38.5 Å². The van der Waals surface area contributed by atoms with Crippen molar-refractivity contribution >= 4 is 17.7 Å². The van der Waals surface area contributed by atoms with Crippen LogP contribution in [0.25, 0.3) is 0 Å². The molecule has 142 valence electrons. The zero-order chi connectivity index (χ0) is 20.0. The quantitative estimate of drug-likeness (QED) is 0.693. The summed E-state index contributed by atoms with van der Waals surface area (Å²) in [6.07, 6.45) is -5.27. The lowest BCUT2D eigenvalue weighted by Crippen LogP contribution is -2.39. The molecule has 1 atom stereocenters. The van der Waals surface area contributed by atoms with Crippen LogP contribution in [-0.2, 0) is 15.7 Å². The fourth-order valence-corrected chi connectivity index (χ4v) is 3.00. The van der Waals surface area contributed by atoms with Gasteiger partial charge in [0, 0.05) is 0 Å². The Morgan fingerprint density at radius 3 is 2.15 bits per heavy atom. The lowest BCUT2D eigenvalue weighted by molar-refractivity contribution is -0.137. The number of amides is 2. The Kier molecular flexibility index (Phi) is 4.49. The largest absolute Gasteiger partial charge is 0.443 e. The Hall–Kier alpha value is -2.83. The van der Waals surface area contributed by atoms with Gasteiger partial charge in [0.05, 0.1) is 17.2 Å². The van der Waals surface area contributed by atoms with E-state index in [1.165, 1.54) is 12.1 Å². The number of hydrogen-bond donors (Lipinski definition) is 0. The molecule has 2 aromatic carbocycles. The zero-order valence-corrected chi connectivity index (χ0v) is 15.0. The number of nitrogens with zero attached hydrogens (tertiary/aromatic N) is 1. The van der Waals surface area contributed by atoms with E-state index in [0.717, 1.165) is 17.0 Å². The Balaban J connectivity index is 2.00. The molecule has 0 aromatic heterocycles. The molecule has 0 saturated heterocycles. The van der Waals surface area contributed by atoms with Gasteiger partial charge in [-0.1, -0.05) is 30.3 Å². The molecule has 0 saturated carbocycles. The van der Waals surface area contributed by atoms with E-state index in [4.69, 9.17) is 4.74 Å². The fraction of sp³-hybridized carbons (Fsp3) is 0.300. The highest BCUT2D eigenvalue weighted by molar-refractivity contribution is 6.20. The number of imide groups is 1. The molecule has 1 unspecified atom stereocenters. The van der Waals surface area contributed by atoms with E-state index in [0.29, 0.717) is 16.8 Å². The number of fused-ring (bicyclic) bond motifs is 1. The number of carbonyl (C=O) groups is 2. The van der Waals surface area contributed by atoms with Crippen LogP contribution >= 0.6 is 0 Å². The summed E-state index contributed by atoms with van der Waals surface area (Å²) in [4.78, 5) is 26.5. The van der Waals surface area contributed by atoms with Gasteiger partial charge in [-0.3, -0.25) is 4.79 Å². The van der Waals surface area contributed by atoms with Crippen molar-refractivity contribution in [2.24, 2.45) is 0 Å². The van der Waals surface area contributed by atoms with Gasteiger partial charge in [0.2, 0.25) is 5.91 Å². The lowest BCUT2D eigenvalue weighted by Gasteiger charge is -2.24. The molecule has 0 aliphatic carbocycles. The first-order valence-electron chi connectivity index (χ1n) is 8.32. The molecule has 7 heteroatoms. The van der Waals surface area contributed by atoms with Crippen LogP contribution in [0.5, 0.6) is 0 Å². The van der Waals surface area contributed by atoms with Crippen LogP contribution in [-0.4, -0.2) is 17.6 Å². The van der Waals surface area contributed by atoms with Gasteiger partial charge in [-0.25, -0.2) is 9.69 Å². The Labute approximate surface area is 154 Å². The van der Waals surface area contributed by atoms with E-state index < -0.39 is 35.3 Å². The average Bonchev–Trinajstić information content (AvgIpc) is 2.84. The van der Waals surface area contributed by atoms with Gasteiger partial charge >= 0.3 is 12.3 Å². The number of ether oxygens (including phenoxy) is 1. The molecule has 2 aromatic rings. The van der Waals surface area contributed by atoms with Gasteiger partial charge in [0.15, 0.2) is 0 Å². The van der Waals surface area contributed by atoms with Crippen LogP contribution in [0.4, 0.5) is 23.7 Å². The van der Waals surface area contributed by atoms with Crippen molar-refractivity contribution < 1.29 is 27.5 Å². The standard InChI is InChI=1S/C20H18F3NO3/c1-19(2,3)27-18(26)24-15-7-5-4-6-14(15)16(17(24)25)12-8-10-13(11-9-12)20(21,22)23/h4-11,16H,1-3H3. The van der Waals surface area contributed by atoms with Crippen LogP contribution in [0.3, 0.4) is 0 Å². The first-order valence-corrected chi connectivity index (χ1v) is 8.32. The third-order valence-corrected chi connectivity index (χ3v) is 4.10. The minimum absolute atomic E-state index is 0.377. The van der Waals surface area contributed by atoms with E-state index in [2.05, 4.69) is 0 Å². The fourth-order valence-electron chi connectivity index (χ4n) is 3.00. The van der Waals surface area contributed by atoms with Crippen LogP contribution in [0.1, 0.15) is 43.4 Å². The number of para-hydroxylation sites is 1. The summed E-state index contributed by atoms with van der Waals surface area (Å²) in [5.74, 6) is -1.42. The van der Waals surface area contributed by atoms with E-state index in [-0.39, 0.29) is 0 Å². The van der Waals surface area contributed by atoms with Crippen molar-refractivity contribution in [3.05, 3.63) is 65.2 Å². The van der Waals surface area contributed by atoms with E-state index >= 15 is 0 Å². The number of benzene rings is 2. The predicted molar refractivity (Wildman–Crippen MR) is 93.4 cm³/mol. The molecule has 1 aliphatic heterocycles. The van der Waals surface area contributed by atoms with Gasteiger partial charge in [0.1, 0.15) is 5.60 Å². The molecule has 0 bridgehead atoms. The van der Waals surface area contributed by atoms with Crippen molar-refractivity contribution in [2.75, 3.05) is 4.90 Å². The van der Waals surface area contributed by atoms with Gasteiger partial charge in [-0.15, -0.1) is 0 Å². The van der Waals surface area contributed by atoms with Gasteiger partial charge in [0.25, 0.3) is 0 Å². The molecule has 3 rings (SSSR count). The molecule has 0 N–H and O–H groups in total. The molecular formula is C20H18F3NO3. The summed E-state index contributed by atoms with van der Waals surface area (Å²) in [6, 6.07) is 11.1. The summed E-state index contributed by atoms with van der Waals surface area (Å²) >= 11 is 0. The molecule has 4 nitrogen and oxygen atoms in total. The molecule has 1 heterocycles. The third kappa shape index (κ3) is 3.67. The number of anilines is 1. The number of carbonyl (C=O) groups excluding carboxylic acids is 2. The van der Waals surface area contributed by atoms with Crippen LogP contribution in [0.15, 0.2) is 48.5 Å². The summed E-state index contributed by atoms with van der Waals surface area (Å²) in [5, 5.41) is 0. The molecule has 2 amide bonds. The van der Waals surface area contributed by atoms with Gasteiger partial charge < -0.3 is 4.74 Å². The SMILES string of the molecule is CC(C)(C)OC(=O)N1C(=O)C(c2ccc(C(F)(F)F)cc2)c2ccccc21. The number of alkyl halides is 3. The topological polar surface area (TPSA) is 46.6 Å². The van der Waals surface area contributed by atoms with Crippen LogP contribution in [0.2, 0.25) is 0 Å².